The van der Waals surface area contributed by atoms with E-state index in [4.69, 9.17) is 9.84 Å². The van der Waals surface area contributed by atoms with Crippen molar-refractivity contribution in [3.8, 4) is 5.75 Å². The Morgan fingerprint density at radius 3 is 2.50 bits per heavy atom. The zero-order valence-electron chi connectivity index (χ0n) is 11.5. The molecule has 0 bridgehead atoms. The highest BCUT2D eigenvalue weighted by molar-refractivity contribution is 6.06. The molecule has 0 spiro atoms. The van der Waals surface area contributed by atoms with Crippen LogP contribution in [0.15, 0.2) is 54.6 Å². The minimum Gasteiger partial charge on any atom is -0.482 e. The fraction of sp³-hybridized carbons (Fsp3) is 0.0588. The van der Waals surface area contributed by atoms with Crippen molar-refractivity contribution in [2.24, 2.45) is 0 Å². The molecule has 0 radical (unpaired) electrons. The van der Waals surface area contributed by atoms with Crippen molar-refractivity contribution in [1.29, 1.82) is 0 Å². The number of carboxylic acids is 1. The smallest absolute Gasteiger partial charge is 0.341 e. The molecule has 5 heteroatoms. The van der Waals surface area contributed by atoms with E-state index in [1.165, 1.54) is 48.6 Å². The Labute approximate surface area is 126 Å². The number of hydrogen-bond acceptors (Lipinski definition) is 3. The Morgan fingerprint density at radius 1 is 1.14 bits per heavy atom. The fourth-order valence-electron chi connectivity index (χ4n) is 1.74. The van der Waals surface area contributed by atoms with Crippen LogP contribution in [0.2, 0.25) is 0 Å². The number of aliphatic carboxylic acids is 1. The Balaban J connectivity index is 2.02. The number of carbonyl (C=O) groups excluding carboxylic acids is 1. The van der Waals surface area contributed by atoms with E-state index in [-0.39, 0.29) is 11.6 Å². The summed E-state index contributed by atoms with van der Waals surface area (Å²) in [5.74, 6) is -1.31. The van der Waals surface area contributed by atoms with Crippen molar-refractivity contribution >= 4 is 17.8 Å². The molecule has 0 saturated carbocycles. The number of ether oxygens (including phenoxy) is 1. The molecular formula is C17H13FO4. The summed E-state index contributed by atoms with van der Waals surface area (Å²) in [6, 6.07) is 12.0. The molecule has 0 fully saturated rings. The molecule has 0 aliphatic rings. The molecule has 2 aromatic rings. The van der Waals surface area contributed by atoms with Crippen LogP contribution < -0.4 is 4.74 Å². The summed E-state index contributed by atoms with van der Waals surface area (Å²) in [5, 5.41) is 8.50. The minimum absolute atomic E-state index is 0.242. The van der Waals surface area contributed by atoms with E-state index in [9.17, 15) is 14.0 Å². The van der Waals surface area contributed by atoms with Crippen molar-refractivity contribution in [3.05, 3.63) is 71.6 Å². The molecule has 2 rings (SSSR count). The van der Waals surface area contributed by atoms with Gasteiger partial charge >= 0.3 is 5.97 Å². The summed E-state index contributed by atoms with van der Waals surface area (Å²) < 4.78 is 18.0. The van der Waals surface area contributed by atoms with Crippen LogP contribution in [-0.2, 0) is 4.79 Å². The first-order valence-electron chi connectivity index (χ1n) is 6.47. The first-order chi connectivity index (χ1) is 10.5. The highest BCUT2D eigenvalue weighted by atomic mass is 19.1. The molecule has 0 heterocycles. The van der Waals surface area contributed by atoms with Crippen LogP contribution >= 0.6 is 0 Å². The Hall–Kier alpha value is -2.95. The van der Waals surface area contributed by atoms with E-state index < -0.39 is 12.6 Å². The van der Waals surface area contributed by atoms with Gasteiger partial charge in [-0.25, -0.2) is 9.18 Å². The van der Waals surface area contributed by atoms with Gasteiger partial charge in [-0.2, -0.15) is 0 Å². The van der Waals surface area contributed by atoms with Crippen molar-refractivity contribution < 1.29 is 23.8 Å². The third-order valence-electron chi connectivity index (χ3n) is 2.78. The maximum Gasteiger partial charge on any atom is 0.341 e. The third kappa shape index (κ3) is 4.56. The Bertz CT molecular complexity index is 705. The van der Waals surface area contributed by atoms with Gasteiger partial charge in [-0.05, 0) is 48.0 Å². The largest absolute Gasteiger partial charge is 0.482 e. The molecule has 112 valence electrons. The average Bonchev–Trinajstić information content (AvgIpc) is 2.51. The third-order valence-corrected chi connectivity index (χ3v) is 2.78. The number of carbonyl (C=O) groups is 2. The van der Waals surface area contributed by atoms with Crippen molar-refractivity contribution in [2.75, 3.05) is 6.61 Å². The standard InChI is InChI=1S/C17H13FO4/c18-14-3-1-2-12(10-14)4-9-16(19)13-5-7-15(8-6-13)22-11-17(20)21/h1-10H,11H2,(H,20,21)/b9-4+. The van der Waals surface area contributed by atoms with Gasteiger partial charge in [0.25, 0.3) is 0 Å². The number of allylic oxidation sites excluding steroid dienone is 1. The predicted octanol–water partition coefficient (Wildman–Crippen LogP) is 3.19. The van der Waals surface area contributed by atoms with Gasteiger partial charge in [0.1, 0.15) is 11.6 Å². The van der Waals surface area contributed by atoms with Crippen LogP contribution in [0.4, 0.5) is 4.39 Å². The zero-order chi connectivity index (χ0) is 15.9. The topological polar surface area (TPSA) is 63.6 Å². The summed E-state index contributed by atoms with van der Waals surface area (Å²) in [5.41, 5.74) is 1.02. The molecule has 0 saturated heterocycles. The van der Waals surface area contributed by atoms with Crippen LogP contribution in [-0.4, -0.2) is 23.5 Å². The van der Waals surface area contributed by atoms with E-state index in [1.807, 2.05) is 0 Å². The molecule has 0 aliphatic carbocycles. The van der Waals surface area contributed by atoms with Crippen LogP contribution in [0, 0.1) is 5.82 Å². The number of benzene rings is 2. The lowest BCUT2D eigenvalue weighted by Gasteiger charge is -2.03. The van der Waals surface area contributed by atoms with E-state index in [2.05, 4.69) is 0 Å². The number of ketones is 1. The molecule has 1 N–H and O–H groups in total. The van der Waals surface area contributed by atoms with E-state index in [0.717, 1.165) is 0 Å². The van der Waals surface area contributed by atoms with Gasteiger partial charge in [-0.1, -0.05) is 18.2 Å². The molecule has 0 atom stereocenters. The molecule has 0 aromatic heterocycles. The van der Waals surface area contributed by atoms with Gasteiger partial charge in [0, 0.05) is 5.56 Å². The molecule has 0 unspecified atom stereocenters. The van der Waals surface area contributed by atoms with Gasteiger partial charge in [-0.3, -0.25) is 4.79 Å². The van der Waals surface area contributed by atoms with E-state index >= 15 is 0 Å². The van der Waals surface area contributed by atoms with Gasteiger partial charge < -0.3 is 9.84 Å². The van der Waals surface area contributed by atoms with E-state index in [1.54, 1.807) is 12.1 Å². The van der Waals surface area contributed by atoms with Gasteiger partial charge in [0.05, 0.1) is 0 Å². The summed E-state index contributed by atoms with van der Waals surface area (Å²) in [6.07, 6.45) is 2.88. The van der Waals surface area contributed by atoms with Crippen molar-refractivity contribution in [2.45, 2.75) is 0 Å². The summed E-state index contributed by atoms with van der Waals surface area (Å²) >= 11 is 0. The molecule has 0 amide bonds. The second-order valence-corrected chi connectivity index (χ2v) is 4.46. The number of hydrogen-bond donors (Lipinski definition) is 1. The summed E-state index contributed by atoms with van der Waals surface area (Å²) in [6.45, 7) is -0.438. The molecule has 0 aliphatic heterocycles. The quantitative estimate of drug-likeness (QED) is 0.657. The first-order valence-corrected chi connectivity index (χ1v) is 6.47. The molecule has 22 heavy (non-hydrogen) atoms. The normalized spacial score (nSPS) is 10.6. The second kappa shape index (κ2) is 7.17. The van der Waals surface area contributed by atoms with Crippen LogP contribution in [0.1, 0.15) is 15.9 Å². The predicted molar refractivity (Wildman–Crippen MR) is 79.3 cm³/mol. The maximum atomic E-state index is 13.0. The summed E-state index contributed by atoms with van der Waals surface area (Å²) in [4.78, 5) is 22.3. The van der Waals surface area contributed by atoms with Gasteiger partial charge in [0.15, 0.2) is 12.4 Å². The average molecular weight is 300 g/mol. The molecular weight excluding hydrogens is 287 g/mol. The minimum atomic E-state index is -1.07. The zero-order valence-corrected chi connectivity index (χ0v) is 11.5. The van der Waals surface area contributed by atoms with E-state index in [0.29, 0.717) is 16.9 Å². The fourth-order valence-corrected chi connectivity index (χ4v) is 1.74. The Kier molecular flexibility index (Phi) is 5.03. The van der Waals surface area contributed by atoms with Crippen molar-refractivity contribution in [1.82, 2.24) is 0 Å². The number of rotatable bonds is 6. The van der Waals surface area contributed by atoms with Crippen molar-refractivity contribution in [3.63, 3.8) is 0 Å². The highest BCUT2D eigenvalue weighted by Crippen LogP contribution is 2.13. The monoisotopic (exact) mass is 300 g/mol. The van der Waals surface area contributed by atoms with Crippen LogP contribution in [0.3, 0.4) is 0 Å². The summed E-state index contributed by atoms with van der Waals surface area (Å²) in [7, 11) is 0. The highest BCUT2D eigenvalue weighted by Gasteiger charge is 2.04. The lowest BCUT2D eigenvalue weighted by Crippen LogP contribution is -2.09. The second-order valence-electron chi connectivity index (χ2n) is 4.46. The van der Waals surface area contributed by atoms with Crippen LogP contribution in [0.25, 0.3) is 6.08 Å². The number of carboxylic acid groups (broad SMARTS) is 1. The Morgan fingerprint density at radius 2 is 1.86 bits per heavy atom. The first kappa shape index (κ1) is 15.4. The lowest BCUT2D eigenvalue weighted by molar-refractivity contribution is -0.139. The van der Waals surface area contributed by atoms with Gasteiger partial charge in [0.2, 0.25) is 0 Å². The lowest BCUT2D eigenvalue weighted by atomic mass is 10.1. The van der Waals surface area contributed by atoms with Crippen LogP contribution in [0.5, 0.6) is 5.75 Å². The maximum absolute atomic E-state index is 13.0. The molecule has 4 nitrogen and oxygen atoms in total. The molecule has 2 aromatic carbocycles. The number of halogens is 1. The SMILES string of the molecule is O=C(O)COc1ccc(C(=O)/C=C/c2cccc(F)c2)cc1. The van der Waals surface area contributed by atoms with Gasteiger partial charge in [-0.15, -0.1) is 0 Å².